The van der Waals surface area contributed by atoms with E-state index in [4.69, 9.17) is 0 Å². The molecule has 106 valence electrons. The summed E-state index contributed by atoms with van der Waals surface area (Å²) in [6.07, 6.45) is 16.8. The van der Waals surface area contributed by atoms with Crippen LogP contribution in [0.4, 0.5) is 0 Å². The van der Waals surface area contributed by atoms with Crippen molar-refractivity contribution in [3.05, 3.63) is 11.5 Å². The first-order valence-corrected chi connectivity index (χ1v) is 8.65. The molecule has 0 aliphatic carbocycles. The van der Waals surface area contributed by atoms with Gasteiger partial charge in [0.25, 0.3) is 0 Å². The highest BCUT2D eigenvalue weighted by molar-refractivity contribution is 8.03. The van der Waals surface area contributed by atoms with Crippen molar-refractivity contribution in [2.24, 2.45) is 0 Å². The van der Waals surface area contributed by atoms with Crippen LogP contribution in [-0.4, -0.2) is 16.5 Å². The van der Waals surface area contributed by atoms with Gasteiger partial charge in [0.05, 0.1) is 0 Å². The van der Waals surface area contributed by atoms with Gasteiger partial charge in [-0.05, 0) is 24.7 Å². The molecule has 1 rings (SSSR count). The van der Waals surface area contributed by atoms with Gasteiger partial charge >= 0.3 is 0 Å². The molecule has 0 saturated carbocycles. The highest BCUT2D eigenvalue weighted by Crippen LogP contribution is 2.43. The summed E-state index contributed by atoms with van der Waals surface area (Å²) in [5.74, 6) is 0. The number of aliphatic hydroxyl groups excluding tert-OH is 1. The van der Waals surface area contributed by atoms with E-state index >= 15 is 0 Å². The van der Waals surface area contributed by atoms with Gasteiger partial charge in [-0.1, -0.05) is 64.4 Å². The monoisotopic (exact) mass is 270 g/mol. The SMILES string of the molecule is CCCCCCCCCCC1(CCO)CC=CS1. The predicted octanol–water partition coefficient (Wildman–Crippen LogP) is 5.29. The van der Waals surface area contributed by atoms with Gasteiger partial charge < -0.3 is 5.11 Å². The second kappa shape index (κ2) is 9.91. The van der Waals surface area contributed by atoms with Crippen LogP contribution in [0.2, 0.25) is 0 Å². The number of thioether (sulfide) groups is 1. The van der Waals surface area contributed by atoms with Crippen LogP contribution in [0.5, 0.6) is 0 Å². The minimum absolute atomic E-state index is 0.339. The summed E-state index contributed by atoms with van der Waals surface area (Å²) in [7, 11) is 0. The van der Waals surface area contributed by atoms with E-state index in [1.54, 1.807) is 0 Å². The van der Waals surface area contributed by atoms with E-state index < -0.39 is 0 Å². The van der Waals surface area contributed by atoms with E-state index in [9.17, 15) is 5.11 Å². The Hall–Kier alpha value is 0.0500. The molecule has 0 bridgehead atoms. The molecule has 1 nitrogen and oxygen atoms in total. The first kappa shape index (κ1) is 16.1. The minimum Gasteiger partial charge on any atom is -0.396 e. The summed E-state index contributed by atoms with van der Waals surface area (Å²) in [5, 5.41) is 11.4. The van der Waals surface area contributed by atoms with Crippen LogP contribution in [0, 0.1) is 0 Å². The Morgan fingerprint density at radius 3 is 2.22 bits per heavy atom. The third-order valence-corrected chi connectivity index (χ3v) is 5.36. The van der Waals surface area contributed by atoms with Crippen molar-refractivity contribution in [2.45, 2.75) is 82.3 Å². The lowest BCUT2D eigenvalue weighted by Gasteiger charge is -2.27. The number of hydrogen-bond acceptors (Lipinski definition) is 2. The molecule has 1 aliphatic rings. The second-order valence-corrected chi connectivity index (χ2v) is 6.95. The molecule has 0 fully saturated rings. The average Bonchev–Trinajstić information content (AvgIpc) is 2.82. The Labute approximate surface area is 117 Å². The fourth-order valence-electron chi connectivity index (χ4n) is 2.74. The fraction of sp³-hybridized carbons (Fsp3) is 0.875. The zero-order chi connectivity index (χ0) is 13.1. The largest absolute Gasteiger partial charge is 0.396 e. The number of allylic oxidation sites excluding steroid dienone is 1. The van der Waals surface area contributed by atoms with Crippen molar-refractivity contribution < 1.29 is 5.11 Å². The van der Waals surface area contributed by atoms with Crippen LogP contribution in [-0.2, 0) is 0 Å². The van der Waals surface area contributed by atoms with Crippen LogP contribution in [0.1, 0.15) is 77.6 Å². The number of rotatable bonds is 11. The van der Waals surface area contributed by atoms with Gasteiger partial charge in [0.2, 0.25) is 0 Å². The summed E-state index contributed by atoms with van der Waals surface area (Å²) in [4.78, 5) is 0. The summed E-state index contributed by atoms with van der Waals surface area (Å²) in [6.45, 7) is 2.61. The van der Waals surface area contributed by atoms with Gasteiger partial charge in [-0.15, -0.1) is 11.8 Å². The lowest BCUT2D eigenvalue weighted by molar-refractivity contribution is 0.263. The minimum atomic E-state index is 0.339. The second-order valence-electron chi connectivity index (χ2n) is 5.58. The van der Waals surface area contributed by atoms with Crippen LogP contribution in [0.25, 0.3) is 0 Å². The van der Waals surface area contributed by atoms with Crippen LogP contribution >= 0.6 is 11.8 Å². The van der Waals surface area contributed by atoms with Gasteiger partial charge in [0.15, 0.2) is 0 Å². The molecule has 2 heteroatoms. The normalized spacial score (nSPS) is 22.8. The molecular formula is C16H30OS. The van der Waals surface area contributed by atoms with E-state index in [0.717, 1.165) is 12.8 Å². The van der Waals surface area contributed by atoms with Crippen molar-refractivity contribution >= 4 is 11.8 Å². The maximum Gasteiger partial charge on any atom is 0.0444 e. The first-order valence-electron chi connectivity index (χ1n) is 7.77. The van der Waals surface area contributed by atoms with Crippen molar-refractivity contribution in [2.75, 3.05) is 6.61 Å². The number of unbranched alkanes of at least 4 members (excludes halogenated alkanes) is 7. The molecule has 1 aliphatic heterocycles. The standard InChI is InChI=1S/C16H30OS/c1-2-3-4-5-6-7-8-9-11-16(13-14-17)12-10-15-18-16/h10,15,17H,2-9,11-14H2,1H3. The zero-order valence-corrected chi connectivity index (χ0v) is 12.8. The number of hydrogen-bond donors (Lipinski definition) is 1. The predicted molar refractivity (Wildman–Crippen MR) is 83.0 cm³/mol. The Morgan fingerprint density at radius 1 is 1.00 bits per heavy atom. The highest BCUT2D eigenvalue weighted by atomic mass is 32.2. The quantitative estimate of drug-likeness (QED) is 0.515. The fourth-order valence-corrected chi connectivity index (χ4v) is 3.88. The van der Waals surface area contributed by atoms with Crippen molar-refractivity contribution in [1.82, 2.24) is 0 Å². The van der Waals surface area contributed by atoms with E-state index in [1.807, 2.05) is 11.8 Å². The topological polar surface area (TPSA) is 20.2 Å². The third kappa shape index (κ3) is 6.29. The molecule has 0 radical (unpaired) electrons. The van der Waals surface area contributed by atoms with E-state index in [0.29, 0.717) is 11.4 Å². The summed E-state index contributed by atoms with van der Waals surface area (Å²) >= 11 is 1.95. The van der Waals surface area contributed by atoms with Crippen molar-refractivity contribution in [3.8, 4) is 0 Å². The molecule has 0 aromatic rings. The smallest absolute Gasteiger partial charge is 0.0444 e. The molecule has 0 saturated heterocycles. The number of aliphatic hydroxyl groups is 1. The first-order chi connectivity index (χ1) is 8.83. The van der Waals surface area contributed by atoms with E-state index in [2.05, 4.69) is 18.4 Å². The molecule has 1 heterocycles. The molecule has 0 spiro atoms. The van der Waals surface area contributed by atoms with Gasteiger partial charge in [-0.2, -0.15) is 0 Å². The van der Waals surface area contributed by atoms with Gasteiger partial charge in [-0.3, -0.25) is 0 Å². The average molecular weight is 270 g/mol. The van der Waals surface area contributed by atoms with Gasteiger partial charge in [0, 0.05) is 11.4 Å². The third-order valence-electron chi connectivity index (χ3n) is 3.96. The van der Waals surface area contributed by atoms with Crippen LogP contribution in [0.3, 0.4) is 0 Å². The molecule has 0 aromatic carbocycles. The van der Waals surface area contributed by atoms with Crippen LogP contribution < -0.4 is 0 Å². The van der Waals surface area contributed by atoms with Crippen molar-refractivity contribution in [1.29, 1.82) is 0 Å². The van der Waals surface area contributed by atoms with Gasteiger partial charge in [0.1, 0.15) is 0 Å². The summed E-state index contributed by atoms with van der Waals surface area (Å²) in [6, 6.07) is 0. The lowest BCUT2D eigenvalue weighted by atomic mass is 9.93. The molecule has 1 N–H and O–H groups in total. The molecule has 18 heavy (non-hydrogen) atoms. The maximum absolute atomic E-state index is 9.17. The molecule has 1 atom stereocenters. The molecular weight excluding hydrogens is 240 g/mol. The summed E-state index contributed by atoms with van der Waals surface area (Å²) < 4.78 is 0.344. The lowest BCUT2D eigenvalue weighted by Crippen LogP contribution is -2.22. The Kier molecular flexibility index (Phi) is 8.87. The van der Waals surface area contributed by atoms with E-state index in [-0.39, 0.29) is 0 Å². The highest BCUT2D eigenvalue weighted by Gasteiger charge is 2.30. The zero-order valence-electron chi connectivity index (χ0n) is 12.0. The molecule has 0 aromatic heterocycles. The van der Waals surface area contributed by atoms with Crippen LogP contribution in [0.15, 0.2) is 11.5 Å². The maximum atomic E-state index is 9.17. The van der Waals surface area contributed by atoms with E-state index in [1.165, 1.54) is 57.8 Å². The molecule has 1 unspecified atom stereocenters. The Bertz CT molecular complexity index is 217. The van der Waals surface area contributed by atoms with Crippen molar-refractivity contribution in [3.63, 3.8) is 0 Å². The Morgan fingerprint density at radius 2 is 1.67 bits per heavy atom. The Balaban J connectivity index is 1.99. The van der Waals surface area contributed by atoms with Gasteiger partial charge in [-0.25, -0.2) is 0 Å². The molecule has 0 amide bonds. The summed E-state index contributed by atoms with van der Waals surface area (Å²) in [5.41, 5.74) is 0.